The molecule has 7 heteroatoms. The first kappa shape index (κ1) is 25.4. The monoisotopic (exact) mass is 488 g/mol. The second-order valence-electron chi connectivity index (χ2n) is 9.64. The number of amides is 1. The molecule has 176 valence electrons. The molecule has 1 aromatic heterocycles. The van der Waals surface area contributed by atoms with E-state index in [1.807, 2.05) is 0 Å². The number of benzene rings is 1. The summed E-state index contributed by atoms with van der Waals surface area (Å²) in [4.78, 5) is 18.9. The maximum absolute atomic E-state index is 14.9. The molecule has 1 aromatic carbocycles. The van der Waals surface area contributed by atoms with Gasteiger partial charge in [-0.25, -0.2) is 8.78 Å². The van der Waals surface area contributed by atoms with Gasteiger partial charge in [0.1, 0.15) is 25.4 Å². The van der Waals surface area contributed by atoms with Gasteiger partial charge < -0.3 is 4.90 Å². The summed E-state index contributed by atoms with van der Waals surface area (Å²) in [5.74, 6) is 1.87. The number of aromatic nitrogens is 1. The molecular formula is C26H31ClF2N2OSi. The summed E-state index contributed by atoms with van der Waals surface area (Å²) >= 11 is 6.30. The average Bonchev–Trinajstić information content (AvgIpc) is 3.07. The largest absolute Gasteiger partial charge is 0.325 e. The van der Waals surface area contributed by atoms with E-state index in [1.165, 1.54) is 11.1 Å². The van der Waals surface area contributed by atoms with E-state index in [0.717, 1.165) is 18.2 Å². The molecule has 2 heterocycles. The molecule has 1 amide bonds. The lowest BCUT2D eigenvalue weighted by Gasteiger charge is -2.38. The van der Waals surface area contributed by atoms with Crippen LogP contribution in [0.5, 0.6) is 0 Å². The highest BCUT2D eigenvalue weighted by Gasteiger charge is 2.42. The van der Waals surface area contributed by atoms with E-state index in [1.54, 1.807) is 6.07 Å². The number of pyridine rings is 1. The summed E-state index contributed by atoms with van der Waals surface area (Å²) in [6.45, 7) is 13.5. The molecule has 0 saturated carbocycles. The number of rotatable bonds is 6. The van der Waals surface area contributed by atoms with Gasteiger partial charge in [0, 0.05) is 28.8 Å². The second-order valence-corrected chi connectivity index (χ2v) is 15.6. The van der Waals surface area contributed by atoms with Crippen molar-refractivity contribution in [3.63, 3.8) is 0 Å². The molecule has 1 unspecified atom stereocenters. The van der Waals surface area contributed by atoms with Crippen LogP contribution in [0, 0.1) is 23.1 Å². The Labute approximate surface area is 201 Å². The Morgan fingerprint density at radius 3 is 2.30 bits per heavy atom. The van der Waals surface area contributed by atoms with E-state index in [-0.39, 0.29) is 30.1 Å². The molecule has 0 aliphatic carbocycles. The van der Waals surface area contributed by atoms with Crippen molar-refractivity contribution in [3.8, 4) is 11.5 Å². The van der Waals surface area contributed by atoms with Crippen LogP contribution in [0.1, 0.15) is 75.6 Å². The van der Waals surface area contributed by atoms with Crippen LogP contribution in [-0.4, -0.2) is 23.9 Å². The minimum Gasteiger partial charge on any atom is -0.325 e. The number of halogens is 3. The fraction of sp³-hybridized carbons (Fsp3) is 0.462. The topological polar surface area (TPSA) is 33.2 Å². The molecule has 0 spiro atoms. The van der Waals surface area contributed by atoms with Gasteiger partial charge in [0.05, 0.1) is 12.6 Å². The van der Waals surface area contributed by atoms with Gasteiger partial charge in [-0.3, -0.25) is 9.78 Å². The summed E-state index contributed by atoms with van der Waals surface area (Å²) in [7, 11) is -2.01. The maximum Gasteiger partial charge on any atom is 0.273 e. The van der Waals surface area contributed by atoms with Crippen LogP contribution in [0.3, 0.4) is 0 Å². The third-order valence-corrected chi connectivity index (χ3v) is 13.6. The molecule has 0 fully saturated rings. The normalized spacial score (nSPS) is 14.7. The van der Waals surface area contributed by atoms with Crippen molar-refractivity contribution in [1.82, 2.24) is 9.88 Å². The Kier molecular flexibility index (Phi) is 7.65. The first-order chi connectivity index (χ1) is 15.5. The van der Waals surface area contributed by atoms with Crippen LogP contribution in [0.4, 0.5) is 8.78 Å². The van der Waals surface area contributed by atoms with Crippen LogP contribution in [0.25, 0.3) is 0 Å². The molecule has 0 radical (unpaired) electrons. The number of hydrogen-bond donors (Lipinski definition) is 0. The lowest BCUT2D eigenvalue weighted by molar-refractivity contribution is 0.0696. The van der Waals surface area contributed by atoms with Crippen LogP contribution in [-0.2, 0) is 6.54 Å². The standard InChI is InChI=1S/C26H31ClF2N2OSi/c1-16(2)33(17(3)4,18(5)6)13-7-8-24(20-14-19(28)9-10-23(20)29)31-15-21-22(27)11-12-30-25(21)26(31)32/h9-12,14,16-18,24H,8,15H2,1-6H3. The number of carbonyl (C=O) groups is 1. The third kappa shape index (κ3) is 4.72. The van der Waals surface area contributed by atoms with Gasteiger partial charge in [-0.1, -0.05) is 53.1 Å². The van der Waals surface area contributed by atoms with Crippen LogP contribution < -0.4 is 0 Å². The van der Waals surface area contributed by atoms with Crippen LogP contribution in [0.15, 0.2) is 30.5 Å². The minimum atomic E-state index is -2.01. The van der Waals surface area contributed by atoms with Crippen LogP contribution >= 0.6 is 11.6 Å². The zero-order valence-corrected chi connectivity index (χ0v) is 21.8. The van der Waals surface area contributed by atoms with Gasteiger partial charge in [-0.2, -0.15) is 0 Å². The van der Waals surface area contributed by atoms with E-state index < -0.39 is 25.8 Å². The molecule has 33 heavy (non-hydrogen) atoms. The molecule has 0 bridgehead atoms. The molecule has 0 N–H and O–H groups in total. The van der Waals surface area contributed by atoms with Crippen molar-refractivity contribution < 1.29 is 13.6 Å². The summed E-state index contributed by atoms with van der Waals surface area (Å²) < 4.78 is 29.0. The van der Waals surface area contributed by atoms with Gasteiger partial charge in [-0.05, 0) is 40.9 Å². The van der Waals surface area contributed by atoms with E-state index >= 15 is 0 Å². The van der Waals surface area contributed by atoms with Crippen molar-refractivity contribution in [2.75, 3.05) is 0 Å². The SMILES string of the molecule is CC(C)[Si](C#CCC(c1cc(F)ccc1F)N1Cc2c(Cl)ccnc2C1=O)(C(C)C)C(C)C. The molecule has 2 aromatic rings. The fourth-order valence-corrected chi connectivity index (χ4v) is 10.8. The quantitative estimate of drug-likeness (QED) is 0.315. The highest BCUT2D eigenvalue weighted by atomic mass is 35.5. The van der Waals surface area contributed by atoms with Gasteiger partial charge in [0.2, 0.25) is 0 Å². The Bertz CT molecular complexity index is 1090. The number of fused-ring (bicyclic) bond motifs is 1. The van der Waals surface area contributed by atoms with Crippen molar-refractivity contribution in [2.45, 2.75) is 77.2 Å². The Morgan fingerprint density at radius 1 is 1.09 bits per heavy atom. The van der Waals surface area contributed by atoms with Crippen molar-refractivity contribution in [3.05, 3.63) is 63.9 Å². The molecule has 3 rings (SSSR count). The van der Waals surface area contributed by atoms with Gasteiger partial charge >= 0.3 is 0 Å². The smallest absolute Gasteiger partial charge is 0.273 e. The van der Waals surface area contributed by atoms with Crippen molar-refractivity contribution in [2.24, 2.45) is 0 Å². The Hall–Kier alpha value is -2.23. The number of hydrogen-bond acceptors (Lipinski definition) is 2. The van der Waals surface area contributed by atoms with Crippen LogP contribution in [0.2, 0.25) is 21.6 Å². The summed E-state index contributed by atoms with van der Waals surface area (Å²) in [5, 5.41) is 0.436. The second kappa shape index (κ2) is 9.95. The predicted octanol–water partition coefficient (Wildman–Crippen LogP) is 7.32. The predicted molar refractivity (Wildman–Crippen MR) is 132 cm³/mol. The number of carbonyl (C=O) groups excluding carboxylic acids is 1. The zero-order valence-electron chi connectivity index (χ0n) is 20.0. The molecule has 0 saturated heterocycles. The fourth-order valence-electron chi connectivity index (χ4n) is 5.33. The lowest BCUT2D eigenvalue weighted by Crippen LogP contribution is -2.43. The Morgan fingerprint density at radius 2 is 1.73 bits per heavy atom. The van der Waals surface area contributed by atoms with Gasteiger partial charge in [-0.15, -0.1) is 11.5 Å². The molecular weight excluding hydrogens is 458 g/mol. The van der Waals surface area contributed by atoms with E-state index in [0.29, 0.717) is 27.2 Å². The average molecular weight is 489 g/mol. The number of nitrogens with zero attached hydrogens (tertiary/aromatic N) is 2. The van der Waals surface area contributed by atoms with E-state index in [4.69, 9.17) is 11.6 Å². The Balaban J connectivity index is 2.06. The van der Waals surface area contributed by atoms with Crippen molar-refractivity contribution in [1.29, 1.82) is 0 Å². The van der Waals surface area contributed by atoms with Gasteiger partial charge in [0.25, 0.3) is 5.91 Å². The first-order valence-corrected chi connectivity index (χ1v) is 14.0. The maximum atomic E-state index is 14.9. The summed E-state index contributed by atoms with van der Waals surface area (Å²) in [6.07, 6.45) is 1.69. The molecule has 1 aliphatic rings. The van der Waals surface area contributed by atoms with Crippen molar-refractivity contribution >= 4 is 25.6 Å². The highest BCUT2D eigenvalue weighted by Crippen LogP contribution is 2.41. The third-order valence-electron chi connectivity index (χ3n) is 6.95. The molecule has 1 atom stereocenters. The first-order valence-electron chi connectivity index (χ1n) is 11.4. The molecule has 3 nitrogen and oxygen atoms in total. The molecule has 1 aliphatic heterocycles. The lowest BCUT2D eigenvalue weighted by atomic mass is 10.0. The van der Waals surface area contributed by atoms with E-state index in [9.17, 15) is 13.6 Å². The highest BCUT2D eigenvalue weighted by molar-refractivity contribution is 6.90. The minimum absolute atomic E-state index is 0.118. The summed E-state index contributed by atoms with van der Waals surface area (Å²) in [5.41, 5.74) is 5.93. The zero-order chi connectivity index (χ0) is 24.5. The van der Waals surface area contributed by atoms with Gasteiger partial charge in [0.15, 0.2) is 0 Å². The summed E-state index contributed by atoms with van der Waals surface area (Å²) in [6, 6.07) is 4.21. The van der Waals surface area contributed by atoms with E-state index in [2.05, 4.69) is 58.0 Å².